The lowest BCUT2D eigenvalue weighted by Gasteiger charge is -2.09. The van der Waals surface area contributed by atoms with Crippen LogP contribution in [-0.2, 0) is 6.42 Å². The fraction of sp³-hybridized carbons (Fsp3) is 0.280. The summed E-state index contributed by atoms with van der Waals surface area (Å²) in [6, 6.07) is 21.3. The number of hydrogen-bond donors (Lipinski definition) is 1. The Balaban J connectivity index is 1.38. The molecule has 1 heterocycles. The third kappa shape index (κ3) is 6.75. The quantitative estimate of drug-likeness (QED) is 0.465. The zero-order chi connectivity index (χ0) is 19.3. The van der Waals surface area contributed by atoms with Crippen LogP contribution in [0.4, 0.5) is 0 Å². The topological polar surface area (TPSA) is 37.8 Å². The Kier molecular flexibility index (Phi) is 8.44. The number of hydrogen-bond acceptors (Lipinski definition) is 3. The molecular weight excluding hydrogens is 342 g/mol. The lowest BCUT2D eigenvalue weighted by molar-refractivity contribution is 0.606. The third-order valence-electron chi connectivity index (χ3n) is 4.76. The van der Waals surface area contributed by atoms with Crippen molar-refractivity contribution in [2.45, 2.75) is 32.1 Å². The number of rotatable bonds is 11. The van der Waals surface area contributed by atoms with Gasteiger partial charge in [0.05, 0.1) is 0 Å². The summed E-state index contributed by atoms with van der Waals surface area (Å²) in [5.74, 6) is 0. The molecule has 3 aromatic rings. The second-order valence-corrected chi connectivity index (χ2v) is 6.95. The number of unbranched alkanes of at least 4 members (excludes halogenated alkanes) is 2. The number of aryl methyl sites for hydroxylation is 1. The predicted molar refractivity (Wildman–Crippen MR) is 117 cm³/mol. The molecule has 2 aromatic carbocycles. The van der Waals surface area contributed by atoms with Crippen LogP contribution in [0.3, 0.4) is 0 Å². The highest BCUT2D eigenvalue weighted by atomic mass is 14.8. The van der Waals surface area contributed by atoms with E-state index in [4.69, 9.17) is 0 Å². The van der Waals surface area contributed by atoms with Gasteiger partial charge in [0.1, 0.15) is 6.33 Å². The van der Waals surface area contributed by atoms with Crippen molar-refractivity contribution in [2.24, 2.45) is 0 Å². The number of aromatic nitrogens is 2. The monoisotopic (exact) mass is 371 g/mol. The third-order valence-corrected chi connectivity index (χ3v) is 4.76. The van der Waals surface area contributed by atoms with Crippen LogP contribution in [0.5, 0.6) is 0 Å². The van der Waals surface area contributed by atoms with Gasteiger partial charge in [-0.15, -0.1) is 0 Å². The van der Waals surface area contributed by atoms with Gasteiger partial charge in [0.15, 0.2) is 0 Å². The zero-order valence-corrected chi connectivity index (χ0v) is 16.4. The van der Waals surface area contributed by atoms with E-state index in [0.717, 1.165) is 32.4 Å². The highest BCUT2D eigenvalue weighted by Gasteiger charge is 2.03. The van der Waals surface area contributed by atoms with Gasteiger partial charge in [0.2, 0.25) is 0 Å². The summed E-state index contributed by atoms with van der Waals surface area (Å²) in [7, 11) is 0. The average molecular weight is 372 g/mol. The summed E-state index contributed by atoms with van der Waals surface area (Å²) < 4.78 is 0. The van der Waals surface area contributed by atoms with Crippen molar-refractivity contribution in [1.29, 1.82) is 0 Å². The fourth-order valence-corrected chi connectivity index (χ4v) is 3.27. The van der Waals surface area contributed by atoms with E-state index in [2.05, 4.69) is 82.0 Å². The van der Waals surface area contributed by atoms with Crippen molar-refractivity contribution >= 4 is 5.57 Å². The molecule has 3 rings (SSSR count). The smallest absolute Gasteiger partial charge is 0.115 e. The molecule has 1 aromatic heterocycles. The maximum Gasteiger partial charge on any atom is 0.115 e. The number of allylic oxidation sites excluding steroid dienone is 1. The maximum atomic E-state index is 4.06. The first-order chi connectivity index (χ1) is 13.9. The van der Waals surface area contributed by atoms with E-state index in [0.29, 0.717) is 0 Å². The van der Waals surface area contributed by atoms with E-state index in [-0.39, 0.29) is 0 Å². The van der Waals surface area contributed by atoms with Gasteiger partial charge in [-0.05, 0) is 67.5 Å². The van der Waals surface area contributed by atoms with Crippen molar-refractivity contribution in [3.63, 3.8) is 0 Å². The van der Waals surface area contributed by atoms with Gasteiger partial charge < -0.3 is 5.32 Å². The van der Waals surface area contributed by atoms with Gasteiger partial charge in [-0.2, -0.15) is 0 Å². The summed E-state index contributed by atoms with van der Waals surface area (Å²) in [6.45, 7) is 2.13. The molecule has 0 atom stereocenters. The molecular formula is C25H29N3. The van der Waals surface area contributed by atoms with E-state index >= 15 is 0 Å². The van der Waals surface area contributed by atoms with Gasteiger partial charge >= 0.3 is 0 Å². The molecule has 0 bridgehead atoms. The molecule has 1 N–H and O–H groups in total. The number of nitrogens with one attached hydrogen (secondary N) is 1. The molecule has 3 nitrogen and oxygen atoms in total. The van der Waals surface area contributed by atoms with Gasteiger partial charge in [-0.1, -0.05) is 66.7 Å². The van der Waals surface area contributed by atoms with Crippen LogP contribution in [0.15, 0.2) is 85.5 Å². The van der Waals surface area contributed by atoms with Crippen molar-refractivity contribution < 1.29 is 0 Å². The van der Waals surface area contributed by atoms with Crippen LogP contribution in [0.2, 0.25) is 0 Å². The van der Waals surface area contributed by atoms with E-state index in [1.807, 2.05) is 12.4 Å². The minimum Gasteiger partial charge on any atom is -0.317 e. The minimum atomic E-state index is 1.06. The molecule has 0 aliphatic carbocycles. The van der Waals surface area contributed by atoms with Crippen molar-refractivity contribution in [3.8, 4) is 0 Å². The Morgan fingerprint density at radius 1 is 0.750 bits per heavy atom. The molecule has 0 amide bonds. The lowest BCUT2D eigenvalue weighted by atomic mass is 9.96. The summed E-state index contributed by atoms with van der Waals surface area (Å²) in [6.07, 6.45) is 13.4. The molecule has 0 aliphatic rings. The first-order valence-electron chi connectivity index (χ1n) is 10.2. The standard InChI is InChI=1S/C25H29N3/c1-3-12-23(13-4-1)25(24-14-5-2-6-15-24)16-8-10-18-26-17-9-7-11-22-19-27-21-28-20-22/h1-6,12-16,19-21,26H,7-11,17-18H2. The highest BCUT2D eigenvalue weighted by Crippen LogP contribution is 2.23. The van der Waals surface area contributed by atoms with Crippen LogP contribution >= 0.6 is 0 Å². The SMILES string of the molecule is C(CCCNCCCCc1cncnc1)=C(c1ccccc1)c1ccccc1. The Morgan fingerprint density at radius 2 is 1.36 bits per heavy atom. The minimum absolute atomic E-state index is 1.06. The molecule has 144 valence electrons. The predicted octanol–water partition coefficient (Wildman–Crippen LogP) is 5.30. The zero-order valence-electron chi connectivity index (χ0n) is 16.4. The molecule has 0 fully saturated rings. The molecule has 28 heavy (non-hydrogen) atoms. The van der Waals surface area contributed by atoms with Crippen molar-refractivity contribution in [3.05, 3.63) is 102 Å². The normalized spacial score (nSPS) is 10.6. The van der Waals surface area contributed by atoms with Crippen LogP contribution < -0.4 is 5.32 Å². The molecule has 0 aliphatic heterocycles. The maximum absolute atomic E-state index is 4.06. The molecule has 0 radical (unpaired) electrons. The van der Waals surface area contributed by atoms with Crippen LogP contribution in [0, 0.1) is 0 Å². The molecule has 0 unspecified atom stereocenters. The largest absolute Gasteiger partial charge is 0.317 e. The Bertz CT molecular complexity index is 773. The molecule has 3 heteroatoms. The number of benzene rings is 2. The van der Waals surface area contributed by atoms with Crippen LogP contribution in [-0.4, -0.2) is 23.1 Å². The fourth-order valence-electron chi connectivity index (χ4n) is 3.27. The van der Waals surface area contributed by atoms with Gasteiger partial charge in [0.25, 0.3) is 0 Å². The van der Waals surface area contributed by atoms with Crippen molar-refractivity contribution in [1.82, 2.24) is 15.3 Å². The second-order valence-electron chi connectivity index (χ2n) is 6.95. The van der Waals surface area contributed by atoms with E-state index in [1.165, 1.54) is 35.1 Å². The molecule has 0 saturated carbocycles. The van der Waals surface area contributed by atoms with Gasteiger partial charge in [-0.25, -0.2) is 9.97 Å². The van der Waals surface area contributed by atoms with Crippen LogP contribution in [0.25, 0.3) is 5.57 Å². The summed E-state index contributed by atoms with van der Waals surface area (Å²) in [5.41, 5.74) is 5.12. The van der Waals surface area contributed by atoms with Crippen molar-refractivity contribution in [2.75, 3.05) is 13.1 Å². The summed E-state index contributed by atoms with van der Waals surface area (Å²) >= 11 is 0. The molecule has 0 spiro atoms. The first kappa shape index (κ1) is 20.0. The van der Waals surface area contributed by atoms with Gasteiger partial charge in [0, 0.05) is 12.4 Å². The van der Waals surface area contributed by atoms with E-state index in [9.17, 15) is 0 Å². The Hall–Kier alpha value is -2.78. The van der Waals surface area contributed by atoms with Gasteiger partial charge in [-0.3, -0.25) is 0 Å². The van der Waals surface area contributed by atoms with E-state index < -0.39 is 0 Å². The first-order valence-corrected chi connectivity index (χ1v) is 10.2. The summed E-state index contributed by atoms with van der Waals surface area (Å²) in [5, 5.41) is 3.56. The molecule has 0 saturated heterocycles. The Morgan fingerprint density at radius 3 is 2.00 bits per heavy atom. The second kappa shape index (κ2) is 11.8. The average Bonchev–Trinajstić information content (AvgIpc) is 2.77. The number of nitrogens with zero attached hydrogens (tertiary/aromatic N) is 2. The van der Waals surface area contributed by atoms with E-state index in [1.54, 1.807) is 6.33 Å². The van der Waals surface area contributed by atoms with Crippen LogP contribution in [0.1, 0.15) is 42.4 Å². The Labute approximate surface area is 168 Å². The lowest BCUT2D eigenvalue weighted by Crippen LogP contribution is -2.16. The summed E-state index contributed by atoms with van der Waals surface area (Å²) in [4.78, 5) is 8.12. The highest BCUT2D eigenvalue weighted by molar-refractivity contribution is 5.79.